The van der Waals surface area contributed by atoms with Gasteiger partial charge in [0.1, 0.15) is 21.7 Å². The fraction of sp³-hybridized carbons (Fsp3) is 0.211. The van der Waals surface area contributed by atoms with Crippen LogP contribution in [0.15, 0.2) is 70.5 Å². The Morgan fingerprint density at radius 2 is 1.15 bits per heavy atom. The van der Waals surface area contributed by atoms with Crippen molar-refractivity contribution in [2.75, 3.05) is 13.1 Å². The number of rotatable bonds is 13. The van der Waals surface area contributed by atoms with Crippen molar-refractivity contribution in [3.05, 3.63) is 80.2 Å². The molecule has 270 valence electrons. The van der Waals surface area contributed by atoms with E-state index in [4.69, 9.17) is 24.4 Å². The summed E-state index contributed by atoms with van der Waals surface area (Å²) in [6.45, 7) is 2.21. The lowest BCUT2D eigenvalue weighted by atomic mass is 10.1. The third kappa shape index (κ3) is 7.77. The van der Waals surface area contributed by atoms with Gasteiger partial charge in [0.25, 0.3) is 11.8 Å². The number of thioether (sulfide) groups is 2. The zero-order valence-electron chi connectivity index (χ0n) is 28.2. The highest BCUT2D eigenvalue weighted by atomic mass is 32.2. The summed E-state index contributed by atoms with van der Waals surface area (Å²) in [5, 5.41) is 20.6. The molecular weight excluding hydrogens is 787 g/mol. The van der Waals surface area contributed by atoms with Crippen molar-refractivity contribution in [1.82, 2.24) is 14.4 Å². The van der Waals surface area contributed by atoms with Gasteiger partial charge in [-0.3, -0.25) is 29.0 Å². The van der Waals surface area contributed by atoms with Gasteiger partial charge in [0.2, 0.25) is 0 Å². The predicted molar refractivity (Wildman–Crippen MR) is 225 cm³/mol. The van der Waals surface area contributed by atoms with E-state index in [1.54, 1.807) is 34.8 Å². The number of thiophene rings is 2. The number of hydrogen-bond acceptors (Lipinski definition) is 10. The van der Waals surface area contributed by atoms with Gasteiger partial charge in [-0.25, -0.2) is 0 Å². The highest BCUT2D eigenvalue weighted by Crippen LogP contribution is 2.41. The summed E-state index contributed by atoms with van der Waals surface area (Å²) < 4.78 is 2.89. The summed E-state index contributed by atoms with van der Waals surface area (Å²) >= 11 is 15.9. The molecule has 9 nitrogen and oxygen atoms in total. The molecule has 2 aliphatic heterocycles. The molecule has 5 aromatic rings. The molecule has 2 N–H and O–H groups in total. The molecule has 0 bridgehead atoms. The van der Waals surface area contributed by atoms with Crippen LogP contribution in [0.2, 0.25) is 0 Å². The van der Waals surface area contributed by atoms with Crippen LogP contribution in [0.4, 0.5) is 0 Å². The number of carbonyl (C=O) groups is 4. The Morgan fingerprint density at radius 1 is 0.679 bits per heavy atom. The number of hydrogen-bond donors (Lipinski definition) is 2. The Bertz CT molecular complexity index is 2260. The largest absolute Gasteiger partial charge is 0.480 e. The minimum atomic E-state index is -1.11. The average molecular weight is 818 g/mol. The number of carbonyl (C=O) groups excluding carboxylic acids is 2. The average Bonchev–Trinajstić information content (AvgIpc) is 3.95. The number of amides is 2. The lowest BCUT2D eigenvalue weighted by Crippen LogP contribution is -2.33. The fourth-order valence-electron chi connectivity index (χ4n) is 6.32. The van der Waals surface area contributed by atoms with Gasteiger partial charge < -0.3 is 14.8 Å². The second-order valence-corrected chi connectivity index (χ2v) is 18.0. The SMILES string of the molecule is CCCCCCn1c2ccc(-c3ccc(/C=C4\SC(=S)N(CC(=O)O)C4=O)s3)cc2c2cc(-c3ccc(/C=C4\SC(=S)N(CC(=O)O)C4=O)s3)ccc21. The molecule has 5 heterocycles. The first kappa shape index (κ1) is 37.2. The van der Waals surface area contributed by atoms with E-state index in [0.717, 1.165) is 105 Å². The Balaban J connectivity index is 1.21. The molecule has 0 spiro atoms. The number of aliphatic carboxylic acids is 2. The number of benzene rings is 2. The van der Waals surface area contributed by atoms with Gasteiger partial charge in [0, 0.05) is 47.9 Å². The lowest BCUT2D eigenvalue weighted by Gasteiger charge is -2.09. The molecule has 7 rings (SSSR count). The summed E-state index contributed by atoms with van der Waals surface area (Å²) in [5.41, 5.74) is 4.42. The Labute approximate surface area is 332 Å². The topological polar surface area (TPSA) is 120 Å². The van der Waals surface area contributed by atoms with E-state index in [1.807, 2.05) is 24.3 Å². The molecule has 3 aromatic heterocycles. The van der Waals surface area contributed by atoms with Gasteiger partial charge in [-0.05, 0) is 78.2 Å². The molecule has 15 heteroatoms. The summed E-state index contributed by atoms with van der Waals surface area (Å²) in [5.74, 6) is -3.02. The van der Waals surface area contributed by atoms with E-state index < -0.39 is 36.8 Å². The number of unbranched alkanes of at least 4 members (excludes halogenated alkanes) is 3. The van der Waals surface area contributed by atoms with E-state index in [2.05, 4.69) is 47.9 Å². The fourth-order valence-corrected chi connectivity index (χ4v) is 10.9. The second-order valence-electron chi connectivity index (χ2n) is 12.4. The predicted octanol–water partition coefficient (Wildman–Crippen LogP) is 9.40. The summed E-state index contributed by atoms with van der Waals surface area (Å²) in [7, 11) is 0. The third-order valence-electron chi connectivity index (χ3n) is 8.80. The van der Waals surface area contributed by atoms with E-state index >= 15 is 0 Å². The molecule has 0 radical (unpaired) electrons. The van der Waals surface area contributed by atoms with Crippen molar-refractivity contribution in [2.45, 2.75) is 39.2 Å². The number of nitrogens with zero attached hydrogens (tertiary/aromatic N) is 3. The van der Waals surface area contributed by atoms with E-state index in [0.29, 0.717) is 9.81 Å². The quantitative estimate of drug-likeness (QED) is 0.0676. The van der Waals surface area contributed by atoms with Gasteiger partial charge in [-0.1, -0.05) is 86.3 Å². The zero-order valence-corrected chi connectivity index (χ0v) is 33.1. The molecular formula is C38H31N3O6S6. The maximum Gasteiger partial charge on any atom is 0.323 e. The maximum atomic E-state index is 12.8. The Hall–Kier alpha value is -4.12. The minimum Gasteiger partial charge on any atom is -0.480 e. The van der Waals surface area contributed by atoms with Crippen molar-refractivity contribution in [3.8, 4) is 20.9 Å². The van der Waals surface area contributed by atoms with Crippen molar-refractivity contribution >= 4 is 137 Å². The van der Waals surface area contributed by atoms with Gasteiger partial charge in [-0.15, -0.1) is 22.7 Å². The molecule has 53 heavy (non-hydrogen) atoms. The van der Waals surface area contributed by atoms with Crippen LogP contribution in [0.3, 0.4) is 0 Å². The molecule has 2 saturated heterocycles. The van der Waals surface area contributed by atoms with Crippen molar-refractivity contribution in [1.29, 1.82) is 0 Å². The summed E-state index contributed by atoms with van der Waals surface area (Å²) in [6, 6.07) is 21.1. The first-order chi connectivity index (χ1) is 25.5. The summed E-state index contributed by atoms with van der Waals surface area (Å²) in [4.78, 5) is 55.0. The normalized spacial score (nSPS) is 16.5. The highest BCUT2D eigenvalue weighted by molar-refractivity contribution is 8.27. The Kier molecular flexibility index (Phi) is 11.0. The van der Waals surface area contributed by atoms with E-state index in [1.165, 1.54) is 12.8 Å². The molecule has 2 amide bonds. The van der Waals surface area contributed by atoms with Crippen LogP contribution >= 0.6 is 70.6 Å². The molecule has 2 fully saturated rings. The number of aryl methyl sites for hydroxylation is 1. The smallest absolute Gasteiger partial charge is 0.323 e. The number of aromatic nitrogens is 1. The van der Waals surface area contributed by atoms with Crippen molar-refractivity contribution in [3.63, 3.8) is 0 Å². The Morgan fingerprint density at radius 3 is 1.58 bits per heavy atom. The second kappa shape index (κ2) is 15.7. The molecule has 0 unspecified atom stereocenters. The lowest BCUT2D eigenvalue weighted by molar-refractivity contribution is -0.140. The van der Waals surface area contributed by atoms with Crippen LogP contribution in [0, 0.1) is 0 Å². The van der Waals surface area contributed by atoms with Crippen LogP contribution in [0.5, 0.6) is 0 Å². The number of carboxylic acids is 2. The van der Waals surface area contributed by atoms with Gasteiger partial charge >= 0.3 is 11.9 Å². The van der Waals surface area contributed by atoms with Crippen molar-refractivity contribution < 1.29 is 29.4 Å². The minimum absolute atomic E-state index is 0.240. The first-order valence-corrected chi connectivity index (χ1v) is 20.8. The first-order valence-electron chi connectivity index (χ1n) is 16.7. The van der Waals surface area contributed by atoms with Crippen LogP contribution in [-0.2, 0) is 25.7 Å². The van der Waals surface area contributed by atoms with Crippen LogP contribution in [-0.4, -0.2) is 70.1 Å². The molecule has 0 aliphatic carbocycles. The monoisotopic (exact) mass is 817 g/mol. The van der Waals surface area contributed by atoms with Gasteiger partial charge in [0.15, 0.2) is 0 Å². The van der Waals surface area contributed by atoms with Crippen LogP contribution in [0.1, 0.15) is 42.4 Å². The molecule has 2 aliphatic rings. The third-order valence-corrected chi connectivity index (χ3v) is 13.7. The number of carboxylic acid groups (broad SMARTS) is 2. The molecule has 2 aromatic carbocycles. The molecule has 0 saturated carbocycles. The van der Waals surface area contributed by atoms with Crippen LogP contribution < -0.4 is 0 Å². The van der Waals surface area contributed by atoms with Crippen molar-refractivity contribution in [2.24, 2.45) is 0 Å². The van der Waals surface area contributed by atoms with Gasteiger partial charge in [0.05, 0.1) is 9.81 Å². The van der Waals surface area contributed by atoms with E-state index in [9.17, 15) is 29.4 Å². The number of thiocarbonyl (C=S) groups is 2. The maximum absolute atomic E-state index is 12.8. The van der Waals surface area contributed by atoms with Crippen LogP contribution in [0.25, 0.3) is 54.8 Å². The van der Waals surface area contributed by atoms with Gasteiger partial charge in [-0.2, -0.15) is 0 Å². The molecule has 0 atom stereocenters. The summed E-state index contributed by atoms with van der Waals surface area (Å²) in [6.07, 6.45) is 8.15. The number of fused-ring (bicyclic) bond motifs is 3. The zero-order chi connectivity index (χ0) is 37.4. The standard InChI is InChI=1S/C38H31N3O6S6/c1-2-3-4-5-14-39-27-10-6-21(29-12-8-23(50-29)17-31-35(46)40(19-33(42)43)37(48)52-31)15-25(27)26-16-22(7-11-28(26)39)30-13-9-24(51-30)18-32-36(47)41(20-34(44)45)38(49)53-32/h6-13,15-18H,2-5,14,19-20H2,1H3,(H,42,43)(H,44,45)/b31-17-,32-18-. The van der Waals surface area contributed by atoms with E-state index in [-0.39, 0.29) is 8.64 Å². The highest BCUT2D eigenvalue weighted by Gasteiger charge is 2.34.